The van der Waals surface area contributed by atoms with Crippen LogP contribution >= 0.6 is 24.0 Å². The minimum atomic E-state index is -0.412. The SMILES string of the molecule is CCc1ccccc1NC(=O)CCCN1C(=O)C(=Cc2ccc(C(=O)OC)cc2)SC1=S. The second-order valence-corrected chi connectivity index (χ2v) is 8.79. The molecule has 1 heterocycles. The van der Waals surface area contributed by atoms with Gasteiger partial charge in [0.25, 0.3) is 5.91 Å². The number of para-hydroxylation sites is 1. The zero-order valence-corrected chi connectivity index (χ0v) is 19.6. The average Bonchev–Trinajstić information content (AvgIpc) is 3.06. The van der Waals surface area contributed by atoms with Crippen LogP contribution in [0.3, 0.4) is 0 Å². The molecule has 0 bridgehead atoms. The second kappa shape index (κ2) is 11.1. The van der Waals surface area contributed by atoms with Gasteiger partial charge in [-0.1, -0.05) is 61.2 Å². The van der Waals surface area contributed by atoms with Gasteiger partial charge >= 0.3 is 5.97 Å². The lowest BCUT2D eigenvalue weighted by atomic mass is 10.1. The quantitative estimate of drug-likeness (QED) is 0.345. The van der Waals surface area contributed by atoms with E-state index in [1.165, 1.54) is 23.8 Å². The van der Waals surface area contributed by atoms with Crippen LogP contribution in [0.2, 0.25) is 0 Å². The zero-order chi connectivity index (χ0) is 23.1. The molecule has 3 rings (SSSR count). The summed E-state index contributed by atoms with van der Waals surface area (Å²) in [5, 5.41) is 2.94. The predicted octanol–water partition coefficient (Wildman–Crippen LogP) is 4.66. The van der Waals surface area contributed by atoms with Gasteiger partial charge in [0.15, 0.2) is 0 Å². The molecule has 1 N–H and O–H groups in total. The van der Waals surface area contributed by atoms with E-state index >= 15 is 0 Å². The zero-order valence-electron chi connectivity index (χ0n) is 17.9. The number of nitrogens with one attached hydrogen (secondary N) is 1. The third-order valence-corrected chi connectivity index (χ3v) is 6.34. The van der Waals surface area contributed by atoms with Gasteiger partial charge in [-0.3, -0.25) is 14.5 Å². The number of carbonyl (C=O) groups is 3. The fourth-order valence-electron chi connectivity index (χ4n) is 3.24. The van der Waals surface area contributed by atoms with E-state index in [1.807, 2.05) is 31.2 Å². The highest BCUT2D eigenvalue weighted by Gasteiger charge is 2.31. The van der Waals surface area contributed by atoms with E-state index in [0.29, 0.717) is 34.2 Å². The summed E-state index contributed by atoms with van der Waals surface area (Å²) in [6.45, 7) is 2.42. The second-order valence-electron chi connectivity index (χ2n) is 7.11. The van der Waals surface area contributed by atoms with Gasteiger partial charge in [-0.05, 0) is 48.2 Å². The molecule has 0 aliphatic carbocycles. The summed E-state index contributed by atoms with van der Waals surface area (Å²) >= 11 is 6.60. The Balaban J connectivity index is 1.55. The van der Waals surface area contributed by atoms with E-state index in [1.54, 1.807) is 30.3 Å². The molecule has 0 aromatic heterocycles. The number of aryl methyl sites for hydroxylation is 1. The van der Waals surface area contributed by atoms with E-state index in [-0.39, 0.29) is 11.8 Å². The summed E-state index contributed by atoms with van der Waals surface area (Å²) in [7, 11) is 1.33. The number of benzene rings is 2. The molecule has 0 atom stereocenters. The molecule has 0 radical (unpaired) electrons. The van der Waals surface area contributed by atoms with Gasteiger partial charge in [-0.2, -0.15) is 0 Å². The molecule has 1 aliphatic rings. The molecule has 0 unspecified atom stereocenters. The van der Waals surface area contributed by atoms with Gasteiger partial charge in [0.1, 0.15) is 4.32 Å². The average molecular weight is 469 g/mol. The molecule has 166 valence electrons. The Labute approximate surface area is 197 Å². The predicted molar refractivity (Wildman–Crippen MR) is 131 cm³/mol. The van der Waals surface area contributed by atoms with Crippen molar-refractivity contribution < 1.29 is 19.1 Å². The first-order chi connectivity index (χ1) is 15.4. The summed E-state index contributed by atoms with van der Waals surface area (Å²) in [4.78, 5) is 38.7. The lowest BCUT2D eigenvalue weighted by Gasteiger charge is -2.14. The van der Waals surface area contributed by atoms with Crippen molar-refractivity contribution in [1.82, 2.24) is 4.90 Å². The summed E-state index contributed by atoms with van der Waals surface area (Å²) in [6.07, 6.45) is 3.39. The molecule has 6 nitrogen and oxygen atoms in total. The molecule has 2 aromatic rings. The molecule has 2 amide bonds. The number of nitrogens with zero attached hydrogens (tertiary/aromatic N) is 1. The maximum Gasteiger partial charge on any atom is 0.337 e. The Hall–Kier alpha value is -2.97. The number of carbonyl (C=O) groups excluding carboxylic acids is 3. The molecule has 0 saturated carbocycles. The van der Waals surface area contributed by atoms with Crippen molar-refractivity contribution in [3.05, 3.63) is 70.1 Å². The molecule has 8 heteroatoms. The molecule has 2 aromatic carbocycles. The Bertz CT molecular complexity index is 1060. The minimum Gasteiger partial charge on any atom is -0.465 e. The highest BCUT2D eigenvalue weighted by atomic mass is 32.2. The van der Waals surface area contributed by atoms with E-state index in [4.69, 9.17) is 12.2 Å². The lowest BCUT2D eigenvalue weighted by Crippen LogP contribution is -2.29. The van der Waals surface area contributed by atoms with Crippen LogP contribution < -0.4 is 5.32 Å². The number of hydrogen-bond acceptors (Lipinski definition) is 6. The fraction of sp³-hybridized carbons (Fsp3) is 0.250. The Morgan fingerprint density at radius 1 is 1.16 bits per heavy atom. The van der Waals surface area contributed by atoms with Crippen LogP contribution in [0.25, 0.3) is 6.08 Å². The van der Waals surface area contributed by atoms with Gasteiger partial charge in [0.05, 0.1) is 17.6 Å². The summed E-state index contributed by atoms with van der Waals surface area (Å²) < 4.78 is 5.17. The lowest BCUT2D eigenvalue weighted by molar-refractivity contribution is -0.122. The van der Waals surface area contributed by atoms with Crippen LogP contribution in [-0.4, -0.2) is 40.7 Å². The molecular formula is C24H24N2O4S2. The Morgan fingerprint density at radius 2 is 1.88 bits per heavy atom. The molecule has 1 fully saturated rings. The Morgan fingerprint density at radius 3 is 2.56 bits per heavy atom. The highest BCUT2D eigenvalue weighted by molar-refractivity contribution is 8.26. The van der Waals surface area contributed by atoms with Crippen LogP contribution in [0, 0.1) is 0 Å². The van der Waals surface area contributed by atoms with E-state index in [0.717, 1.165) is 23.2 Å². The number of esters is 1. The standard InChI is InChI=1S/C24H24N2O4S2/c1-3-17-7-4-5-8-19(17)25-21(27)9-6-14-26-22(28)20(32-24(26)31)15-16-10-12-18(13-11-16)23(29)30-2/h4-5,7-8,10-13,15H,3,6,9,14H2,1-2H3,(H,25,27). The molecular weight excluding hydrogens is 444 g/mol. The van der Waals surface area contributed by atoms with Crippen molar-refractivity contribution in [2.45, 2.75) is 26.2 Å². The van der Waals surface area contributed by atoms with E-state index < -0.39 is 5.97 Å². The van der Waals surface area contributed by atoms with Crippen LogP contribution in [-0.2, 0) is 20.7 Å². The van der Waals surface area contributed by atoms with Gasteiger partial charge in [-0.25, -0.2) is 4.79 Å². The third-order valence-electron chi connectivity index (χ3n) is 4.96. The first kappa shape index (κ1) is 23.7. The largest absolute Gasteiger partial charge is 0.465 e. The van der Waals surface area contributed by atoms with Crippen LogP contribution in [0.4, 0.5) is 5.69 Å². The van der Waals surface area contributed by atoms with E-state index in [9.17, 15) is 14.4 Å². The smallest absolute Gasteiger partial charge is 0.337 e. The van der Waals surface area contributed by atoms with Crippen molar-refractivity contribution in [3.8, 4) is 0 Å². The Kier molecular flexibility index (Phi) is 8.19. The normalized spacial score (nSPS) is 14.7. The van der Waals surface area contributed by atoms with Gasteiger partial charge in [0, 0.05) is 18.7 Å². The number of thiocarbonyl (C=S) groups is 1. The molecule has 1 aliphatic heterocycles. The van der Waals surface area contributed by atoms with Crippen molar-refractivity contribution >= 4 is 57.8 Å². The third kappa shape index (κ3) is 5.83. The number of rotatable bonds is 8. The van der Waals surface area contributed by atoms with Crippen molar-refractivity contribution in [3.63, 3.8) is 0 Å². The molecule has 32 heavy (non-hydrogen) atoms. The minimum absolute atomic E-state index is 0.0856. The van der Waals surface area contributed by atoms with Gasteiger partial charge in [-0.15, -0.1) is 0 Å². The number of anilines is 1. The summed E-state index contributed by atoms with van der Waals surface area (Å²) in [5.74, 6) is -0.670. The van der Waals surface area contributed by atoms with Crippen LogP contribution in [0.5, 0.6) is 0 Å². The first-order valence-electron chi connectivity index (χ1n) is 10.2. The number of methoxy groups -OCH3 is 1. The number of thioether (sulfide) groups is 1. The van der Waals surface area contributed by atoms with Crippen molar-refractivity contribution in [1.29, 1.82) is 0 Å². The maximum absolute atomic E-state index is 12.8. The molecule has 1 saturated heterocycles. The van der Waals surface area contributed by atoms with Gasteiger partial charge in [0.2, 0.25) is 5.91 Å². The number of ether oxygens (including phenoxy) is 1. The van der Waals surface area contributed by atoms with Crippen molar-refractivity contribution in [2.75, 3.05) is 19.0 Å². The van der Waals surface area contributed by atoms with Crippen LogP contribution in [0.1, 0.15) is 41.3 Å². The van der Waals surface area contributed by atoms with Gasteiger partial charge < -0.3 is 10.1 Å². The summed E-state index contributed by atoms with van der Waals surface area (Å²) in [6, 6.07) is 14.5. The maximum atomic E-state index is 12.8. The first-order valence-corrected chi connectivity index (χ1v) is 11.5. The highest BCUT2D eigenvalue weighted by Crippen LogP contribution is 2.32. The number of hydrogen-bond donors (Lipinski definition) is 1. The summed E-state index contributed by atoms with van der Waals surface area (Å²) in [5.41, 5.74) is 3.14. The molecule has 0 spiro atoms. The fourth-order valence-corrected chi connectivity index (χ4v) is 4.55. The monoisotopic (exact) mass is 468 g/mol. The van der Waals surface area contributed by atoms with Crippen molar-refractivity contribution in [2.24, 2.45) is 0 Å². The topological polar surface area (TPSA) is 75.7 Å². The number of amides is 2. The van der Waals surface area contributed by atoms with E-state index in [2.05, 4.69) is 10.1 Å². The van der Waals surface area contributed by atoms with Crippen LogP contribution in [0.15, 0.2) is 53.4 Å².